The second-order valence-electron chi connectivity index (χ2n) is 9.26. The van der Waals surface area contributed by atoms with Crippen LogP contribution >= 0.6 is 0 Å². The van der Waals surface area contributed by atoms with Crippen molar-refractivity contribution in [3.8, 4) is 0 Å². The van der Waals surface area contributed by atoms with Crippen LogP contribution in [-0.4, -0.2) is 35.3 Å². The zero-order chi connectivity index (χ0) is 25.3. The zero-order valence-corrected chi connectivity index (χ0v) is 20.3. The molecular weight excluding hydrogens is 462 g/mol. The molecule has 1 aliphatic heterocycles. The SMILES string of the molecule is CN(c1c2c(c(N(C)n3ccc4ccccc43)c3ccccc13)C(=O)NC2=O)n1ccc2ccccc21. The van der Waals surface area contributed by atoms with Gasteiger partial charge >= 0.3 is 0 Å². The van der Waals surface area contributed by atoms with Crippen molar-refractivity contribution in [2.45, 2.75) is 0 Å². The van der Waals surface area contributed by atoms with Gasteiger partial charge in [-0.2, -0.15) is 0 Å². The number of amides is 2. The first-order valence-corrected chi connectivity index (χ1v) is 12.1. The van der Waals surface area contributed by atoms with Gasteiger partial charge < -0.3 is 0 Å². The Balaban J connectivity index is 1.54. The van der Waals surface area contributed by atoms with Crippen molar-refractivity contribution in [2.24, 2.45) is 0 Å². The summed E-state index contributed by atoms with van der Waals surface area (Å²) >= 11 is 0. The van der Waals surface area contributed by atoms with Crippen LogP contribution in [0.1, 0.15) is 20.7 Å². The maximum absolute atomic E-state index is 13.4. The van der Waals surface area contributed by atoms with E-state index >= 15 is 0 Å². The van der Waals surface area contributed by atoms with Crippen molar-refractivity contribution in [1.82, 2.24) is 14.7 Å². The third kappa shape index (κ3) is 2.94. The number of benzene rings is 4. The van der Waals surface area contributed by atoms with Crippen LogP contribution in [0.15, 0.2) is 97.3 Å². The lowest BCUT2D eigenvalue weighted by atomic mass is 9.96. The molecule has 4 aromatic carbocycles. The third-order valence-electron chi connectivity index (χ3n) is 7.29. The Bertz CT molecular complexity index is 1760. The first-order valence-electron chi connectivity index (χ1n) is 12.1. The number of anilines is 2. The van der Waals surface area contributed by atoms with Crippen molar-refractivity contribution >= 4 is 55.8 Å². The summed E-state index contributed by atoms with van der Waals surface area (Å²) in [4.78, 5) is 26.7. The Morgan fingerprint density at radius 1 is 0.568 bits per heavy atom. The number of hydrogen-bond acceptors (Lipinski definition) is 4. The fourth-order valence-corrected chi connectivity index (χ4v) is 5.62. The van der Waals surface area contributed by atoms with Crippen LogP contribution in [0.25, 0.3) is 32.6 Å². The molecule has 2 aromatic heterocycles. The molecule has 0 unspecified atom stereocenters. The van der Waals surface area contributed by atoms with Crippen molar-refractivity contribution in [3.05, 3.63) is 108 Å². The molecule has 0 saturated heterocycles. The van der Waals surface area contributed by atoms with Gasteiger partial charge in [0.15, 0.2) is 0 Å². The van der Waals surface area contributed by atoms with E-state index in [1.54, 1.807) is 0 Å². The molecule has 0 bridgehead atoms. The lowest BCUT2D eigenvalue weighted by molar-refractivity contribution is 0.0880. The van der Waals surface area contributed by atoms with E-state index in [0.29, 0.717) is 22.5 Å². The van der Waals surface area contributed by atoms with Crippen LogP contribution in [0.5, 0.6) is 0 Å². The predicted molar refractivity (Wildman–Crippen MR) is 147 cm³/mol. The average molecular weight is 486 g/mol. The number of hydrogen-bond donors (Lipinski definition) is 1. The molecule has 1 aliphatic rings. The van der Waals surface area contributed by atoms with Gasteiger partial charge in [0.1, 0.15) is 0 Å². The van der Waals surface area contributed by atoms with Gasteiger partial charge in [0.05, 0.1) is 33.5 Å². The monoisotopic (exact) mass is 485 g/mol. The molecular formula is C30H23N5O2. The van der Waals surface area contributed by atoms with Crippen LogP contribution in [0.4, 0.5) is 11.4 Å². The van der Waals surface area contributed by atoms with E-state index in [1.807, 2.05) is 119 Å². The summed E-state index contributed by atoms with van der Waals surface area (Å²) in [6.45, 7) is 0. The zero-order valence-electron chi connectivity index (χ0n) is 20.3. The van der Waals surface area contributed by atoms with Gasteiger partial charge in [-0.15, -0.1) is 0 Å². The van der Waals surface area contributed by atoms with Crippen LogP contribution in [0.3, 0.4) is 0 Å². The minimum absolute atomic E-state index is 0.377. The summed E-state index contributed by atoms with van der Waals surface area (Å²) < 4.78 is 4.02. The van der Waals surface area contributed by atoms with Crippen molar-refractivity contribution in [1.29, 1.82) is 0 Å². The minimum atomic E-state index is -0.393. The van der Waals surface area contributed by atoms with Crippen LogP contribution in [0.2, 0.25) is 0 Å². The number of nitrogens with zero attached hydrogens (tertiary/aromatic N) is 4. The van der Waals surface area contributed by atoms with E-state index in [9.17, 15) is 9.59 Å². The predicted octanol–water partition coefficient (Wildman–Crippen LogP) is 5.43. The van der Waals surface area contributed by atoms with Crippen molar-refractivity contribution in [2.75, 3.05) is 24.1 Å². The molecule has 6 aromatic rings. The van der Waals surface area contributed by atoms with E-state index < -0.39 is 11.8 Å². The Kier molecular flexibility index (Phi) is 4.44. The van der Waals surface area contributed by atoms with Gasteiger partial charge in [-0.1, -0.05) is 60.7 Å². The number of rotatable bonds is 4. The van der Waals surface area contributed by atoms with Gasteiger partial charge in [-0.25, -0.2) is 0 Å². The molecule has 7 nitrogen and oxygen atoms in total. The molecule has 3 heterocycles. The van der Waals surface area contributed by atoms with E-state index in [4.69, 9.17) is 0 Å². The second kappa shape index (κ2) is 7.73. The maximum atomic E-state index is 13.4. The molecule has 7 rings (SSSR count). The van der Waals surface area contributed by atoms with E-state index in [-0.39, 0.29) is 0 Å². The Morgan fingerprint density at radius 3 is 1.43 bits per heavy atom. The molecule has 180 valence electrons. The first kappa shape index (κ1) is 21.3. The Labute approximate surface area is 212 Å². The van der Waals surface area contributed by atoms with E-state index in [0.717, 1.165) is 32.6 Å². The first-order chi connectivity index (χ1) is 18.0. The summed E-state index contributed by atoms with van der Waals surface area (Å²) in [5.41, 5.74) is 4.14. The summed E-state index contributed by atoms with van der Waals surface area (Å²) in [5.74, 6) is -0.785. The molecule has 0 atom stereocenters. The van der Waals surface area contributed by atoms with Crippen molar-refractivity contribution in [3.63, 3.8) is 0 Å². The van der Waals surface area contributed by atoms with Crippen LogP contribution < -0.4 is 15.3 Å². The fraction of sp³-hybridized carbons (Fsp3) is 0.0667. The molecule has 0 aliphatic carbocycles. The quantitative estimate of drug-likeness (QED) is 0.267. The van der Waals surface area contributed by atoms with Gasteiger partial charge in [-0.05, 0) is 24.3 Å². The molecule has 0 saturated carbocycles. The normalized spacial score (nSPS) is 12.9. The molecule has 0 radical (unpaired) electrons. The van der Waals surface area contributed by atoms with Gasteiger partial charge in [0.2, 0.25) is 0 Å². The Morgan fingerprint density at radius 2 is 0.973 bits per heavy atom. The van der Waals surface area contributed by atoms with Gasteiger partial charge in [0, 0.05) is 48.0 Å². The number of carbonyl (C=O) groups excluding carboxylic acids is 2. The summed E-state index contributed by atoms with van der Waals surface area (Å²) in [6, 6.07) is 28.2. The highest BCUT2D eigenvalue weighted by Gasteiger charge is 2.37. The van der Waals surface area contributed by atoms with Crippen LogP contribution in [-0.2, 0) is 0 Å². The highest BCUT2D eigenvalue weighted by Crippen LogP contribution is 2.44. The maximum Gasteiger partial charge on any atom is 0.261 e. The second-order valence-corrected chi connectivity index (χ2v) is 9.26. The molecule has 37 heavy (non-hydrogen) atoms. The Hall–Kier alpha value is -5.04. The summed E-state index contributed by atoms with van der Waals surface area (Å²) in [6.07, 6.45) is 3.96. The average Bonchev–Trinajstić information content (AvgIpc) is 3.62. The topological polar surface area (TPSA) is 62.5 Å². The number of para-hydroxylation sites is 2. The van der Waals surface area contributed by atoms with Crippen LogP contribution in [0, 0.1) is 0 Å². The molecule has 0 spiro atoms. The summed E-state index contributed by atoms with van der Waals surface area (Å²) in [7, 11) is 3.85. The third-order valence-corrected chi connectivity index (χ3v) is 7.29. The number of carbonyl (C=O) groups is 2. The smallest absolute Gasteiger partial charge is 0.261 e. The minimum Gasteiger partial charge on any atom is -0.288 e. The van der Waals surface area contributed by atoms with Gasteiger partial charge in [0.25, 0.3) is 11.8 Å². The van der Waals surface area contributed by atoms with Crippen molar-refractivity contribution < 1.29 is 9.59 Å². The lowest BCUT2D eigenvalue weighted by Gasteiger charge is -2.30. The number of imide groups is 1. The number of nitrogens with one attached hydrogen (secondary N) is 1. The highest BCUT2D eigenvalue weighted by atomic mass is 16.2. The summed E-state index contributed by atoms with van der Waals surface area (Å²) in [5, 5.41) is 10.4. The van der Waals surface area contributed by atoms with E-state index in [1.165, 1.54) is 0 Å². The standard InChI is InChI=1S/C30H23N5O2/c1-32(34-17-15-19-9-3-7-13-23(19)34)27-21-11-5-6-12-22(21)28(26-25(27)29(36)31-30(26)37)33(2)35-18-16-20-10-4-8-14-24(20)35/h3-18H,1-2H3,(H,31,36,37). The lowest BCUT2D eigenvalue weighted by Crippen LogP contribution is -2.28. The largest absolute Gasteiger partial charge is 0.288 e. The number of fused-ring (bicyclic) bond motifs is 4. The van der Waals surface area contributed by atoms with E-state index in [2.05, 4.69) is 17.4 Å². The molecule has 1 N–H and O–H groups in total. The molecule has 7 heteroatoms. The van der Waals surface area contributed by atoms with Gasteiger partial charge in [-0.3, -0.25) is 34.3 Å². The molecule has 0 fully saturated rings. The number of aromatic nitrogens is 2. The fourth-order valence-electron chi connectivity index (χ4n) is 5.62. The highest BCUT2D eigenvalue weighted by molar-refractivity contribution is 6.31. The molecule has 2 amide bonds.